The van der Waals surface area contributed by atoms with Gasteiger partial charge in [0.25, 0.3) is 5.91 Å². The molecule has 1 amide bonds. The van der Waals surface area contributed by atoms with E-state index >= 15 is 0 Å². The van der Waals surface area contributed by atoms with Crippen LogP contribution in [0.5, 0.6) is 0 Å². The number of carbonyl (C=O) groups is 1. The Kier molecular flexibility index (Phi) is 6.41. The predicted molar refractivity (Wildman–Crippen MR) is 125 cm³/mol. The number of likely N-dealkylation sites (tertiary alicyclic amines) is 1. The van der Waals surface area contributed by atoms with E-state index in [4.69, 9.17) is 0 Å². The van der Waals surface area contributed by atoms with E-state index in [0.717, 1.165) is 55.9 Å². The summed E-state index contributed by atoms with van der Waals surface area (Å²) in [7, 11) is 2.16. The van der Waals surface area contributed by atoms with Crippen LogP contribution < -0.4 is 15.5 Å². The number of nitrogens with one attached hydrogen (secondary N) is 3. The van der Waals surface area contributed by atoms with E-state index in [1.54, 1.807) is 6.20 Å². The number of aromatic amines is 1. The maximum Gasteiger partial charge on any atom is 0.258 e. The van der Waals surface area contributed by atoms with E-state index in [0.29, 0.717) is 17.4 Å². The fourth-order valence-electron chi connectivity index (χ4n) is 4.39. The Morgan fingerprint density at radius 1 is 1.13 bits per heavy atom. The lowest BCUT2D eigenvalue weighted by Crippen LogP contribution is -2.43. The molecule has 3 aromatic heterocycles. The average Bonchev–Trinajstić information content (AvgIpc) is 3.39. The number of hydrogen-bond donors (Lipinski definition) is 3. The number of pyridine rings is 2. The first-order valence-corrected chi connectivity index (χ1v) is 10.6. The molecule has 3 N–H and O–H groups in total. The van der Waals surface area contributed by atoms with Gasteiger partial charge in [0.1, 0.15) is 11.6 Å². The van der Waals surface area contributed by atoms with Crippen molar-refractivity contribution in [1.82, 2.24) is 25.2 Å². The van der Waals surface area contributed by atoms with Crippen molar-refractivity contribution in [2.24, 2.45) is 0 Å². The average molecular weight is 442 g/mol. The van der Waals surface area contributed by atoms with Gasteiger partial charge in [-0.15, -0.1) is 12.4 Å². The number of hydrogen-bond acceptors (Lipinski definition) is 6. The number of fused-ring (bicyclic) bond motifs is 1. The van der Waals surface area contributed by atoms with Crippen LogP contribution in [-0.2, 0) is 0 Å². The van der Waals surface area contributed by atoms with E-state index in [1.165, 1.54) is 12.1 Å². The second-order valence-corrected chi connectivity index (χ2v) is 8.12. The minimum Gasteiger partial charge on any atom is -0.357 e. The summed E-state index contributed by atoms with van der Waals surface area (Å²) >= 11 is 0. The summed E-state index contributed by atoms with van der Waals surface area (Å²) in [6.07, 6.45) is 5.83. The predicted octanol–water partition coefficient (Wildman–Crippen LogP) is 2.81. The molecule has 0 bridgehead atoms. The number of piperazine rings is 1. The number of halogens is 1. The van der Waals surface area contributed by atoms with Gasteiger partial charge < -0.3 is 20.5 Å². The fourth-order valence-corrected chi connectivity index (χ4v) is 4.39. The summed E-state index contributed by atoms with van der Waals surface area (Å²) in [5.74, 6) is 1.23. The molecule has 8 nitrogen and oxygen atoms in total. The number of amides is 1. The van der Waals surface area contributed by atoms with Crippen LogP contribution >= 0.6 is 12.4 Å². The van der Waals surface area contributed by atoms with Gasteiger partial charge in [-0.3, -0.25) is 9.69 Å². The molecular weight excluding hydrogens is 414 g/mol. The van der Waals surface area contributed by atoms with Crippen molar-refractivity contribution >= 4 is 40.9 Å². The number of H-pyrrole nitrogens is 1. The zero-order valence-electron chi connectivity index (χ0n) is 17.6. The summed E-state index contributed by atoms with van der Waals surface area (Å²) in [6.45, 7) is 4.89. The van der Waals surface area contributed by atoms with Gasteiger partial charge in [-0.2, -0.15) is 0 Å². The van der Waals surface area contributed by atoms with Gasteiger partial charge in [-0.1, -0.05) is 0 Å². The first-order chi connectivity index (χ1) is 14.7. The van der Waals surface area contributed by atoms with Crippen LogP contribution in [0, 0.1) is 0 Å². The van der Waals surface area contributed by atoms with Gasteiger partial charge >= 0.3 is 0 Å². The third-order valence-electron chi connectivity index (χ3n) is 6.10. The molecule has 2 fully saturated rings. The topological polar surface area (TPSA) is 89.2 Å². The molecule has 164 valence electrons. The van der Waals surface area contributed by atoms with Crippen LogP contribution in [-0.4, -0.2) is 65.5 Å². The molecule has 0 saturated carbocycles. The van der Waals surface area contributed by atoms with Gasteiger partial charge in [0.15, 0.2) is 0 Å². The van der Waals surface area contributed by atoms with Crippen LogP contribution in [0.3, 0.4) is 0 Å². The normalized spacial score (nSPS) is 19.4. The maximum atomic E-state index is 12.7. The Bertz CT molecular complexity index is 1050. The lowest BCUT2D eigenvalue weighted by Gasteiger charge is -2.28. The highest BCUT2D eigenvalue weighted by molar-refractivity contribution is 6.04. The third-order valence-corrected chi connectivity index (χ3v) is 6.10. The van der Waals surface area contributed by atoms with Crippen molar-refractivity contribution in [3.8, 4) is 0 Å². The molecule has 0 spiro atoms. The Morgan fingerprint density at radius 3 is 2.68 bits per heavy atom. The zero-order valence-corrected chi connectivity index (χ0v) is 18.4. The second-order valence-electron chi connectivity index (χ2n) is 8.12. The van der Waals surface area contributed by atoms with Gasteiger partial charge in [0, 0.05) is 61.8 Å². The third kappa shape index (κ3) is 4.51. The van der Waals surface area contributed by atoms with Gasteiger partial charge in [0.2, 0.25) is 0 Å². The van der Waals surface area contributed by atoms with Crippen LogP contribution in [0.25, 0.3) is 10.9 Å². The van der Waals surface area contributed by atoms with Crippen molar-refractivity contribution in [3.05, 3.63) is 47.9 Å². The Labute approximate surface area is 187 Å². The minimum atomic E-state index is -0.205. The quantitative estimate of drug-likeness (QED) is 0.577. The van der Waals surface area contributed by atoms with Gasteiger partial charge in [0.05, 0.1) is 11.1 Å². The van der Waals surface area contributed by atoms with Crippen LogP contribution in [0.2, 0.25) is 0 Å². The minimum absolute atomic E-state index is 0. The maximum absolute atomic E-state index is 12.7. The molecule has 0 unspecified atom stereocenters. The highest BCUT2D eigenvalue weighted by Gasteiger charge is 2.24. The zero-order chi connectivity index (χ0) is 20.5. The second kappa shape index (κ2) is 9.21. The van der Waals surface area contributed by atoms with Crippen molar-refractivity contribution in [2.45, 2.75) is 18.9 Å². The van der Waals surface area contributed by atoms with Gasteiger partial charge in [-0.25, -0.2) is 9.97 Å². The van der Waals surface area contributed by atoms with Crippen LogP contribution in [0.1, 0.15) is 34.9 Å². The fraction of sp³-hybridized carbons (Fsp3) is 0.409. The number of rotatable bonds is 4. The highest BCUT2D eigenvalue weighted by atomic mass is 35.5. The van der Waals surface area contributed by atoms with E-state index in [9.17, 15) is 4.79 Å². The smallest absolute Gasteiger partial charge is 0.258 e. The molecular formula is C22H28ClN7O. The van der Waals surface area contributed by atoms with E-state index in [1.807, 2.05) is 24.4 Å². The molecule has 9 heteroatoms. The molecule has 0 aliphatic carbocycles. The summed E-state index contributed by atoms with van der Waals surface area (Å²) in [5.41, 5.74) is 2.72. The number of aromatic nitrogens is 3. The van der Waals surface area contributed by atoms with Crippen molar-refractivity contribution in [1.29, 1.82) is 0 Å². The van der Waals surface area contributed by atoms with E-state index < -0.39 is 0 Å². The van der Waals surface area contributed by atoms with E-state index in [2.05, 4.69) is 48.5 Å². The summed E-state index contributed by atoms with van der Waals surface area (Å²) in [4.78, 5) is 29.7. The molecule has 31 heavy (non-hydrogen) atoms. The van der Waals surface area contributed by atoms with Gasteiger partial charge in [-0.05, 0) is 44.6 Å². The molecule has 1 atom stereocenters. The Balaban J connectivity index is 0.00000231. The SMILES string of the molecule is CN1CCC[C@@H]1c1cc2cnc(NC(=O)c3ccc(N4CCNCC4)nc3)cc2[nH]1.Cl. The summed E-state index contributed by atoms with van der Waals surface area (Å²) in [6, 6.07) is 8.22. The number of nitrogens with zero attached hydrogens (tertiary/aromatic N) is 4. The molecule has 2 saturated heterocycles. The molecule has 0 radical (unpaired) electrons. The lowest BCUT2D eigenvalue weighted by molar-refractivity contribution is 0.102. The molecule has 3 aromatic rings. The van der Waals surface area contributed by atoms with E-state index in [-0.39, 0.29) is 18.3 Å². The van der Waals surface area contributed by atoms with Crippen molar-refractivity contribution in [2.75, 3.05) is 50.0 Å². The first kappa shape index (κ1) is 21.5. The summed E-state index contributed by atoms with van der Waals surface area (Å²) in [5, 5.41) is 7.28. The first-order valence-electron chi connectivity index (χ1n) is 10.6. The van der Waals surface area contributed by atoms with Crippen LogP contribution in [0.4, 0.5) is 11.6 Å². The number of anilines is 2. The monoisotopic (exact) mass is 441 g/mol. The molecule has 2 aliphatic rings. The Hall–Kier alpha value is -2.68. The van der Waals surface area contributed by atoms with Crippen molar-refractivity contribution in [3.63, 3.8) is 0 Å². The molecule has 0 aromatic carbocycles. The molecule has 5 heterocycles. The highest BCUT2D eigenvalue weighted by Crippen LogP contribution is 2.32. The standard InChI is InChI=1S/C22H27N7O.ClH/c1-28-8-2-3-19(28)18-11-16-14-24-20(12-17(16)26-18)27-22(30)15-4-5-21(25-13-15)29-9-6-23-7-10-29;/h4-5,11-14,19,23,26H,2-3,6-10H2,1H3,(H,24,27,30);1H/t19-;/m1./s1. The Morgan fingerprint density at radius 2 is 1.97 bits per heavy atom. The largest absolute Gasteiger partial charge is 0.357 e. The molecule has 5 rings (SSSR count). The van der Waals surface area contributed by atoms with Crippen molar-refractivity contribution < 1.29 is 4.79 Å². The molecule has 2 aliphatic heterocycles. The number of carbonyl (C=O) groups excluding carboxylic acids is 1. The lowest BCUT2D eigenvalue weighted by atomic mass is 10.1. The summed E-state index contributed by atoms with van der Waals surface area (Å²) < 4.78 is 0. The van der Waals surface area contributed by atoms with Crippen LogP contribution in [0.15, 0.2) is 36.7 Å².